The Labute approximate surface area is 125 Å². The summed E-state index contributed by atoms with van der Waals surface area (Å²) in [5, 5.41) is 6.55. The molecule has 5 nitrogen and oxygen atoms in total. The van der Waals surface area contributed by atoms with Crippen LogP contribution in [0.4, 0.5) is 14.9 Å². The lowest BCUT2D eigenvalue weighted by molar-refractivity contribution is -0.0132. The standard InChI is InChI=1S/C14H14FN3O2S/c15-11-7-16-3-1-12(11)17-14(19)18-4-5-20-13(8-18)10-2-6-21-9-10/h1-3,6-7,9,13H,4-5,8H2,(H,16,17,19). The average Bonchev–Trinajstić information content (AvgIpc) is 3.04. The molecule has 3 rings (SSSR count). The van der Waals surface area contributed by atoms with E-state index in [1.807, 2.05) is 16.8 Å². The highest BCUT2D eigenvalue weighted by Gasteiger charge is 2.26. The lowest BCUT2D eigenvalue weighted by atomic mass is 10.1. The minimum Gasteiger partial charge on any atom is -0.370 e. The van der Waals surface area contributed by atoms with Gasteiger partial charge in [0.05, 0.1) is 25.0 Å². The third-order valence-electron chi connectivity index (χ3n) is 3.28. The lowest BCUT2D eigenvalue weighted by Crippen LogP contribution is -2.44. The van der Waals surface area contributed by atoms with Gasteiger partial charge in [-0.3, -0.25) is 4.98 Å². The molecule has 0 spiro atoms. The minimum absolute atomic E-state index is 0.127. The molecular weight excluding hydrogens is 293 g/mol. The maximum Gasteiger partial charge on any atom is 0.322 e. The van der Waals surface area contributed by atoms with Crippen molar-refractivity contribution in [3.05, 3.63) is 46.7 Å². The van der Waals surface area contributed by atoms with Crippen LogP contribution in [0.1, 0.15) is 11.7 Å². The van der Waals surface area contributed by atoms with E-state index in [4.69, 9.17) is 4.74 Å². The molecule has 1 aliphatic heterocycles. The number of anilines is 1. The number of urea groups is 1. The van der Waals surface area contributed by atoms with Crippen LogP contribution in [0.25, 0.3) is 0 Å². The molecule has 1 fully saturated rings. The number of carbonyl (C=O) groups excluding carboxylic acids is 1. The van der Waals surface area contributed by atoms with Crippen molar-refractivity contribution in [3.63, 3.8) is 0 Å². The Morgan fingerprint density at radius 1 is 1.52 bits per heavy atom. The Balaban J connectivity index is 1.66. The van der Waals surface area contributed by atoms with E-state index in [2.05, 4.69) is 10.3 Å². The Hall–Kier alpha value is -1.99. The third kappa shape index (κ3) is 3.20. The summed E-state index contributed by atoms with van der Waals surface area (Å²) >= 11 is 1.59. The summed E-state index contributed by atoms with van der Waals surface area (Å²) in [5.41, 5.74) is 1.20. The van der Waals surface area contributed by atoms with Crippen LogP contribution in [0.2, 0.25) is 0 Å². The van der Waals surface area contributed by atoms with E-state index in [1.165, 1.54) is 12.3 Å². The van der Waals surface area contributed by atoms with E-state index in [0.29, 0.717) is 19.7 Å². The number of hydrogen-bond donors (Lipinski definition) is 1. The second-order valence-electron chi connectivity index (χ2n) is 4.65. The first-order valence-corrected chi connectivity index (χ1v) is 7.47. The van der Waals surface area contributed by atoms with Crippen molar-refractivity contribution < 1.29 is 13.9 Å². The number of nitrogens with one attached hydrogen (secondary N) is 1. The molecule has 0 aromatic carbocycles. The minimum atomic E-state index is -0.548. The van der Waals surface area contributed by atoms with Crippen LogP contribution >= 0.6 is 11.3 Å². The number of rotatable bonds is 2. The van der Waals surface area contributed by atoms with Crippen molar-refractivity contribution in [1.82, 2.24) is 9.88 Å². The second kappa shape index (κ2) is 6.19. The quantitative estimate of drug-likeness (QED) is 0.928. The van der Waals surface area contributed by atoms with Crippen LogP contribution in [-0.4, -0.2) is 35.6 Å². The second-order valence-corrected chi connectivity index (χ2v) is 5.43. The molecule has 2 aromatic rings. The number of nitrogens with zero attached hydrogens (tertiary/aromatic N) is 2. The largest absolute Gasteiger partial charge is 0.370 e. The fraction of sp³-hybridized carbons (Fsp3) is 0.286. The van der Waals surface area contributed by atoms with Gasteiger partial charge in [-0.05, 0) is 28.5 Å². The summed E-state index contributed by atoms with van der Waals surface area (Å²) in [6, 6.07) is 3.09. The summed E-state index contributed by atoms with van der Waals surface area (Å²) in [5.74, 6) is -0.548. The summed E-state index contributed by atoms with van der Waals surface area (Å²) in [6.45, 7) is 1.40. The van der Waals surface area contributed by atoms with Gasteiger partial charge in [-0.2, -0.15) is 11.3 Å². The highest BCUT2D eigenvalue weighted by Crippen LogP contribution is 2.24. The number of aromatic nitrogens is 1. The van der Waals surface area contributed by atoms with E-state index in [9.17, 15) is 9.18 Å². The van der Waals surface area contributed by atoms with Crippen LogP contribution in [0.15, 0.2) is 35.3 Å². The zero-order valence-corrected chi connectivity index (χ0v) is 12.0. The van der Waals surface area contributed by atoms with E-state index in [1.54, 1.807) is 16.2 Å². The van der Waals surface area contributed by atoms with Gasteiger partial charge in [0.15, 0.2) is 5.82 Å². The van der Waals surface area contributed by atoms with Crippen LogP contribution in [0, 0.1) is 5.82 Å². The van der Waals surface area contributed by atoms with E-state index >= 15 is 0 Å². The van der Waals surface area contributed by atoms with Gasteiger partial charge in [-0.15, -0.1) is 0 Å². The molecule has 1 aliphatic rings. The summed E-state index contributed by atoms with van der Waals surface area (Å²) in [7, 11) is 0. The monoisotopic (exact) mass is 307 g/mol. The first-order valence-electron chi connectivity index (χ1n) is 6.53. The van der Waals surface area contributed by atoms with E-state index < -0.39 is 5.82 Å². The van der Waals surface area contributed by atoms with Gasteiger partial charge < -0.3 is 15.0 Å². The molecule has 1 unspecified atom stereocenters. The number of ether oxygens (including phenoxy) is 1. The Bertz CT molecular complexity index is 620. The van der Waals surface area contributed by atoms with E-state index in [-0.39, 0.29) is 17.8 Å². The molecule has 1 atom stereocenters. The molecule has 1 saturated heterocycles. The molecular formula is C14H14FN3O2S. The fourth-order valence-electron chi connectivity index (χ4n) is 2.16. The molecule has 110 valence electrons. The van der Waals surface area contributed by atoms with Gasteiger partial charge in [0.2, 0.25) is 0 Å². The molecule has 7 heteroatoms. The maximum absolute atomic E-state index is 13.5. The molecule has 0 radical (unpaired) electrons. The predicted molar refractivity (Wildman–Crippen MR) is 77.8 cm³/mol. The highest BCUT2D eigenvalue weighted by molar-refractivity contribution is 7.07. The number of thiophene rings is 1. The molecule has 0 bridgehead atoms. The van der Waals surface area contributed by atoms with Crippen LogP contribution in [-0.2, 0) is 4.74 Å². The molecule has 21 heavy (non-hydrogen) atoms. The Morgan fingerprint density at radius 3 is 3.19 bits per heavy atom. The van der Waals surface area contributed by atoms with Crippen molar-refractivity contribution in [2.45, 2.75) is 6.10 Å². The van der Waals surface area contributed by atoms with E-state index in [0.717, 1.165) is 11.8 Å². The summed E-state index contributed by atoms with van der Waals surface area (Å²) in [6.07, 6.45) is 2.38. The zero-order chi connectivity index (χ0) is 14.7. The number of morpholine rings is 1. The fourth-order valence-corrected chi connectivity index (χ4v) is 2.87. The van der Waals surface area contributed by atoms with Gasteiger partial charge in [-0.1, -0.05) is 0 Å². The SMILES string of the molecule is O=C(Nc1ccncc1F)N1CCOC(c2ccsc2)C1. The van der Waals surface area contributed by atoms with Gasteiger partial charge in [-0.25, -0.2) is 9.18 Å². The van der Waals surface area contributed by atoms with Crippen LogP contribution in [0.5, 0.6) is 0 Å². The normalized spacial score (nSPS) is 18.5. The maximum atomic E-state index is 13.5. The van der Waals surface area contributed by atoms with Crippen molar-refractivity contribution in [2.24, 2.45) is 0 Å². The van der Waals surface area contributed by atoms with Crippen molar-refractivity contribution >= 4 is 23.1 Å². The number of pyridine rings is 1. The first-order chi connectivity index (χ1) is 10.2. The third-order valence-corrected chi connectivity index (χ3v) is 3.98. The highest BCUT2D eigenvalue weighted by atomic mass is 32.1. The Morgan fingerprint density at radius 2 is 2.43 bits per heavy atom. The summed E-state index contributed by atoms with van der Waals surface area (Å²) in [4.78, 5) is 17.5. The van der Waals surface area contributed by atoms with Gasteiger partial charge in [0, 0.05) is 12.7 Å². The molecule has 0 saturated carbocycles. The number of hydrogen-bond acceptors (Lipinski definition) is 4. The summed E-state index contributed by atoms with van der Waals surface area (Å²) < 4.78 is 19.2. The molecule has 2 aromatic heterocycles. The van der Waals surface area contributed by atoms with Crippen molar-refractivity contribution in [3.8, 4) is 0 Å². The lowest BCUT2D eigenvalue weighted by Gasteiger charge is -2.32. The molecule has 3 heterocycles. The van der Waals surface area contributed by atoms with Crippen LogP contribution in [0.3, 0.4) is 0 Å². The molecule has 2 amide bonds. The predicted octanol–water partition coefficient (Wildman–Crippen LogP) is 2.89. The van der Waals surface area contributed by atoms with Gasteiger partial charge in [0.25, 0.3) is 0 Å². The van der Waals surface area contributed by atoms with Gasteiger partial charge >= 0.3 is 6.03 Å². The first kappa shape index (κ1) is 14.0. The molecule has 1 N–H and O–H groups in total. The number of halogens is 1. The van der Waals surface area contributed by atoms with Crippen molar-refractivity contribution in [1.29, 1.82) is 0 Å². The van der Waals surface area contributed by atoms with Crippen LogP contribution < -0.4 is 5.32 Å². The Kier molecular flexibility index (Phi) is 4.12. The smallest absolute Gasteiger partial charge is 0.322 e. The van der Waals surface area contributed by atoms with Crippen molar-refractivity contribution in [2.75, 3.05) is 25.0 Å². The molecule has 0 aliphatic carbocycles. The number of carbonyl (C=O) groups is 1. The average molecular weight is 307 g/mol. The number of amides is 2. The zero-order valence-electron chi connectivity index (χ0n) is 11.2. The topological polar surface area (TPSA) is 54.5 Å². The van der Waals surface area contributed by atoms with Gasteiger partial charge in [0.1, 0.15) is 6.10 Å².